The van der Waals surface area contributed by atoms with Crippen LogP contribution in [0.4, 0.5) is 0 Å². The summed E-state index contributed by atoms with van der Waals surface area (Å²) in [6.07, 6.45) is -0.119. The second-order valence-electron chi connectivity index (χ2n) is 4.20. The number of nitrogens with one attached hydrogen (secondary N) is 1. The number of ketones is 1. The number of hydrogen-bond donors (Lipinski definition) is 4. The van der Waals surface area contributed by atoms with Gasteiger partial charge in [0, 0.05) is 12.8 Å². The van der Waals surface area contributed by atoms with Crippen molar-refractivity contribution in [1.82, 2.24) is 5.32 Å². The van der Waals surface area contributed by atoms with Crippen molar-refractivity contribution in [2.45, 2.75) is 38.3 Å². The predicted molar refractivity (Wildman–Crippen MR) is 71.1 cm³/mol. The molecule has 2 unspecified atom stereocenters. The monoisotopic (exact) mass is 325 g/mol. The molecule has 0 aromatic heterocycles. The SMILES string of the molecule is CCC(=O)C(COS(=O)(=O)O)NC(=O)C(N)CCC(N)=O. The third-order valence-corrected chi connectivity index (χ3v) is 2.91. The Morgan fingerprint density at radius 1 is 1.33 bits per heavy atom. The number of carbonyl (C=O) groups is 3. The second kappa shape index (κ2) is 8.67. The van der Waals surface area contributed by atoms with Crippen molar-refractivity contribution in [1.29, 1.82) is 0 Å². The molecule has 10 nitrogen and oxygen atoms in total. The van der Waals surface area contributed by atoms with Gasteiger partial charge in [-0.3, -0.25) is 18.9 Å². The Kier molecular flexibility index (Phi) is 8.02. The number of Topliss-reactive ketones (excluding diaryl/α,β-unsaturated/α-hetero) is 1. The minimum absolute atomic E-state index is 0.0102. The highest BCUT2D eigenvalue weighted by atomic mass is 32.3. The molecule has 0 saturated carbocycles. The number of nitrogens with two attached hydrogens (primary N) is 2. The van der Waals surface area contributed by atoms with E-state index in [1.807, 2.05) is 0 Å². The van der Waals surface area contributed by atoms with E-state index in [0.29, 0.717) is 0 Å². The van der Waals surface area contributed by atoms with E-state index in [1.54, 1.807) is 0 Å². The largest absolute Gasteiger partial charge is 0.397 e. The van der Waals surface area contributed by atoms with E-state index >= 15 is 0 Å². The third kappa shape index (κ3) is 9.07. The van der Waals surface area contributed by atoms with E-state index in [9.17, 15) is 22.8 Å². The summed E-state index contributed by atoms with van der Waals surface area (Å²) in [6, 6.07) is -2.36. The van der Waals surface area contributed by atoms with Gasteiger partial charge >= 0.3 is 10.4 Å². The summed E-state index contributed by atoms with van der Waals surface area (Å²) in [6.45, 7) is 0.752. The first kappa shape index (κ1) is 19.4. The van der Waals surface area contributed by atoms with Crippen LogP contribution in [0.2, 0.25) is 0 Å². The van der Waals surface area contributed by atoms with Gasteiger partial charge in [0.2, 0.25) is 11.8 Å². The van der Waals surface area contributed by atoms with E-state index in [0.717, 1.165) is 0 Å². The molecule has 0 rings (SSSR count). The minimum atomic E-state index is -4.73. The van der Waals surface area contributed by atoms with Crippen LogP contribution in [0.15, 0.2) is 0 Å². The van der Waals surface area contributed by atoms with Crippen molar-refractivity contribution in [3.05, 3.63) is 0 Å². The molecular formula is C10H19N3O7S. The van der Waals surface area contributed by atoms with E-state index < -0.39 is 46.7 Å². The number of rotatable bonds is 10. The fourth-order valence-corrected chi connectivity index (χ4v) is 1.63. The molecule has 6 N–H and O–H groups in total. The summed E-state index contributed by atoms with van der Waals surface area (Å²) in [5.41, 5.74) is 10.4. The molecule has 0 fully saturated rings. The fraction of sp³-hybridized carbons (Fsp3) is 0.700. The lowest BCUT2D eigenvalue weighted by Crippen LogP contribution is -2.50. The predicted octanol–water partition coefficient (Wildman–Crippen LogP) is -2.14. The molecule has 0 aliphatic rings. The van der Waals surface area contributed by atoms with Crippen molar-refractivity contribution in [2.24, 2.45) is 11.5 Å². The van der Waals surface area contributed by atoms with Gasteiger partial charge in [-0.05, 0) is 6.42 Å². The van der Waals surface area contributed by atoms with E-state index in [2.05, 4.69) is 9.50 Å². The maximum absolute atomic E-state index is 11.7. The zero-order valence-corrected chi connectivity index (χ0v) is 12.3. The quantitative estimate of drug-likeness (QED) is 0.328. The molecular weight excluding hydrogens is 306 g/mol. The lowest BCUT2D eigenvalue weighted by atomic mass is 10.1. The van der Waals surface area contributed by atoms with Crippen LogP contribution in [0.5, 0.6) is 0 Å². The van der Waals surface area contributed by atoms with Crippen LogP contribution in [-0.2, 0) is 29.0 Å². The summed E-state index contributed by atoms with van der Waals surface area (Å²) in [5.74, 6) is -1.90. The lowest BCUT2D eigenvalue weighted by Gasteiger charge is -2.18. The van der Waals surface area contributed by atoms with E-state index in [4.69, 9.17) is 16.0 Å². The standard InChI is InChI=1S/C10H19N3O7S/c1-2-8(14)7(5-20-21(17,18)19)13-10(16)6(11)3-4-9(12)15/h6-7H,2-5,11H2,1H3,(H2,12,15)(H,13,16)(H,17,18,19). The van der Waals surface area contributed by atoms with Crippen molar-refractivity contribution >= 4 is 28.0 Å². The molecule has 0 bridgehead atoms. The van der Waals surface area contributed by atoms with Crippen molar-refractivity contribution in [3.63, 3.8) is 0 Å². The van der Waals surface area contributed by atoms with Crippen molar-refractivity contribution < 1.29 is 31.5 Å². The molecule has 0 saturated heterocycles. The van der Waals surface area contributed by atoms with E-state index in [-0.39, 0.29) is 19.3 Å². The molecule has 2 atom stereocenters. The van der Waals surface area contributed by atoms with Gasteiger partial charge in [-0.25, -0.2) is 4.18 Å². The van der Waals surface area contributed by atoms with Crippen LogP contribution in [0, 0.1) is 0 Å². The Bertz CT molecular complexity index is 491. The summed E-state index contributed by atoms with van der Waals surface area (Å²) < 4.78 is 33.5. The highest BCUT2D eigenvalue weighted by molar-refractivity contribution is 7.80. The van der Waals surface area contributed by atoms with Gasteiger partial charge in [0.25, 0.3) is 0 Å². The average Bonchev–Trinajstić information content (AvgIpc) is 2.38. The topological polar surface area (TPSA) is 179 Å². The van der Waals surface area contributed by atoms with Gasteiger partial charge < -0.3 is 16.8 Å². The maximum Gasteiger partial charge on any atom is 0.397 e. The highest BCUT2D eigenvalue weighted by Crippen LogP contribution is 2.00. The van der Waals surface area contributed by atoms with Crippen molar-refractivity contribution in [2.75, 3.05) is 6.61 Å². The molecule has 122 valence electrons. The van der Waals surface area contributed by atoms with Gasteiger partial charge in [-0.15, -0.1) is 0 Å². The van der Waals surface area contributed by atoms with Gasteiger partial charge in [-0.2, -0.15) is 8.42 Å². The summed E-state index contributed by atoms with van der Waals surface area (Å²) in [5, 5.41) is 2.20. The first-order chi connectivity index (χ1) is 9.56. The van der Waals surface area contributed by atoms with Crippen LogP contribution < -0.4 is 16.8 Å². The summed E-state index contributed by atoms with van der Waals surface area (Å²) >= 11 is 0. The Labute approximate surface area is 122 Å². The first-order valence-electron chi connectivity index (χ1n) is 6.05. The lowest BCUT2D eigenvalue weighted by molar-refractivity contribution is -0.129. The Morgan fingerprint density at radius 2 is 1.90 bits per heavy atom. The molecule has 0 radical (unpaired) electrons. The average molecular weight is 325 g/mol. The number of primary amides is 1. The highest BCUT2D eigenvalue weighted by Gasteiger charge is 2.24. The molecule has 2 amide bonds. The number of carbonyl (C=O) groups excluding carboxylic acids is 3. The molecule has 0 heterocycles. The normalized spacial score (nSPS) is 14.2. The smallest absolute Gasteiger partial charge is 0.370 e. The van der Waals surface area contributed by atoms with Crippen LogP contribution in [0.1, 0.15) is 26.2 Å². The molecule has 0 aromatic carbocycles. The molecule has 0 spiro atoms. The fourth-order valence-electron chi connectivity index (χ4n) is 1.32. The Hall–Kier alpha value is -1.56. The van der Waals surface area contributed by atoms with Crippen molar-refractivity contribution in [3.8, 4) is 0 Å². The number of amides is 2. The molecule has 0 aromatic rings. The third-order valence-electron chi connectivity index (χ3n) is 2.48. The van der Waals surface area contributed by atoms with E-state index in [1.165, 1.54) is 6.92 Å². The van der Waals surface area contributed by atoms with Gasteiger partial charge in [0.1, 0.15) is 6.04 Å². The maximum atomic E-state index is 11.7. The van der Waals surface area contributed by atoms with Gasteiger partial charge in [0.05, 0.1) is 12.6 Å². The summed E-state index contributed by atoms with van der Waals surface area (Å²) in [7, 11) is -4.73. The molecule has 11 heteroatoms. The zero-order valence-electron chi connectivity index (χ0n) is 11.4. The summed E-state index contributed by atoms with van der Waals surface area (Å²) in [4.78, 5) is 33.9. The molecule has 21 heavy (non-hydrogen) atoms. The zero-order chi connectivity index (χ0) is 16.6. The molecule has 0 aliphatic carbocycles. The Morgan fingerprint density at radius 3 is 2.33 bits per heavy atom. The molecule has 0 aliphatic heterocycles. The van der Waals surface area contributed by atoms with Crippen LogP contribution in [0.3, 0.4) is 0 Å². The van der Waals surface area contributed by atoms with Crippen LogP contribution in [-0.4, -0.2) is 49.3 Å². The van der Waals surface area contributed by atoms with Gasteiger partial charge in [-0.1, -0.05) is 6.92 Å². The van der Waals surface area contributed by atoms with Gasteiger partial charge in [0.15, 0.2) is 5.78 Å². The second-order valence-corrected chi connectivity index (χ2v) is 5.30. The number of hydrogen-bond acceptors (Lipinski definition) is 7. The first-order valence-corrected chi connectivity index (χ1v) is 7.42. The van der Waals surface area contributed by atoms with Crippen LogP contribution >= 0.6 is 0 Å². The Balaban J connectivity index is 4.62. The van der Waals surface area contributed by atoms with Crippen LogP contribution in [0.25, 0.3) is 0 Å². The minimum Gasteiger partial charge on any atom is -0.370 e.